The normalized spacial score (nSPS) is 17.4. The standard InChI is InChI=1S/C16H22N6O2S/c17-25(23,24)15(12-14-4-1-2-5-18-14)13-21-8-10-22(11-9-21)16-19-6-3-7-20-16/h1-7,15H,8-13H2,(H2,17,23,24). The quantitative estimate of drug-likeness (QED) is 0.764. The highest BCUT2D eigenvalue weighted by Crippen LogP contribution is 2.13. The van der Waals surface area contributed by atoms with Gasteiger partial charge in [-0.2, -0.15) is 0 Å². The van der Waals surface area contributed by atoms with Crippen LogP contribution in [0.2, 0.25) is 0 Å². The van der Waals surface area contributed by atoms with Gasteiger partial charge in [-0.25, -0.2) is 23.5 Å². The predicted molar refractivity (Wildman–Crippen MR) is 95.5 cm³/mol. The molecule has 0 radical (unpaired) electrons. The Bertz CT molecular complexity index is 764. The van der Waals surface area contributed by atoms with Gasteiger partial charge in [-0.05, 0) is 18.2 Å². The van der Waals surface area contributed by atoms with Crippen molar-refractivity contribution in [2.75, 3.05) is 37.6 Å². The summed E-state index contributed by atoms with van der Waals surface area (Å²) >= 11 is 0. The van der Waals surface area contributed by atoms with Crippen LogP contribution in [0.25, 0.3) is 0 Å². The lowest BCUT2D eigenvalue weighted by molar-refractivity contribution is 0.254. The van der Waals surface area contributed by atoms with Crippen molar-refractivity contribution in [3.63, 3.8) is 0 Å². The van der Waals surface area contributed by atoms with Gasteiger partial charge in [0, 0.05) is 63.4 Å². The van der Waals surface area contributed by atoms with Crippen LogP contribution in [0.15, 0.2) is 42.9 Å². The molecular weight excluding hydrogens is 340 g/mol. The van der Waals surface area contributed by atoms with E-state index in [2.05, 4.69) is 24.8 Å². The number of hydrogen-bond donors (Lipinski definition) is 1. The number of hydrogen-bond acceptors (Lipinski definition) is 7. The fourth-order valence-electron chi connectivity index (χ4n) is 2.91. The summed E-state index contributed by atoms with van der Waals surface area (Å²) < 4.78 is 24.0. The molecule has 1 atom stereocenters. The van der Waals surface area contributed by atoms with Crippen LogP contribution in [0, 0.1) is 0 Å². The molecule has 0 spiro atoms. The SMILES string of the molecule is NS(=O)(=O)C(Cc1ccccn1)CN1CCN(c2ncccn2)CC1. The number of pyridine rings is 1. The molecule has 9 heteroatoms. The van der Waals surface area contributed by atoms with Crippen molar-refractivity contribution in [1.29, 1.82) is 0 Å². The number of primary sulfonamides is 1. The molecule has 0 saturated carbocycles. The zero-order valence-corrected chi connectivity index (χ0v) is 14.7. The summed E-state index contributed by atoms with van der Waals surface area (Å²) in [6.45, 7) is 3.40. The first-order chi connectivity index (χ1) is 12.0. The molecular formula is C16H22N6O2S. The molecule has 0 bridgehead atoms. The van der Waals surface area contributed by atoms with Gasteiger partial charge in [-0.3, -0.25) is 9.88 Å². The van der Waals surface area contributed by atoms with E-state index in [1.807, 2.05) is 12.1 Å². The predicted octanol–water partition coefficient (Wildman–Crippen LogP) is -0.107. The minimum absolute atomic E-state index is 0.321. The van der Waals surface area contributed by atoms with Crippen molar-refractivity contribution in [1.82, 2.24) is 19.9 Å². The Morgan fingerprint density at radius 3 is 2.28 bits per heavy atom. The molecule has 2 aromatic heterocycles. The van der Waals surface area contributed by atoms with Crippen molar-refractivity contribution in [2.24, 2.45) is 5.14 Å². The summed E-state index contributed by atoms with van der Waals surface area (Å²) in [6.07, 6.45) is 5.42. The Balaban J connectivity index is 1.60. The zero-order chi connectivity index (χ0) is 17.7. The number of aromatic nitrogens is 3. The number of rotatable bonds is 6. The Kier molecular flexibility index (Phi) is 5.57. The van der Waals surface area contributed by atoms with E-state index < -0.39 is 15.3 Å². The first kappa shape index (κ1) is 17.7. The average molecular weight is 362 g/mol. The third kappa shape index (κ3) is 4.94. The van der Waals surface area contributed by atoms with Crippen LogP contribution in [0.1, 0.15) is 5.69 Å². The summed E-state index contributed by atoms with van der Waals surface area (Å²) in [7, 11) is -3.65. The molecule has 1 unspecified atom stereocenters. The maximum atomic E-state index is 12.0. The molecule has 1 aliphatic heterocycles. The highest BCUT2D eigenvalue weighted by Gasteiger charge is 2.27. The molecule has 134 valence electrons. The van der Waals surface area contributed by atoms with Crippen LogP contribution in [-0.2, 0) is 16.4 Å². The van der Waals surface area contributed by atoms with Gasteiger partial charge in [0.2, 0.25) is 16.0 Å². The van der Waals surface area contributed by atoms with Crippen LogP contribution in [-0.4, -0.2) is 66.2 Å². The number of nitrogens with two attached hydrogens (primary N) is 1. The van der Waals surface area contributed by atoms with E-state index >= 15 is 0 Å². The Hall–Kier alpha value is -2.10. The third-order valence-electron chi connectivity index (χ3n) is 4.30. The van der Waals surface area contributed by atoms with E-state index in [9.17, 15) is 8.42 Å². The first-order valence-electron chi connectivity index (χ1n) is 8.18. The minimum atomic E-state index is -3.65. The molecule has 0 amide bonds. The lowest BCUT2D eigenvalue weighted by Crippen LogP contribution is -2.51. The van der Waals surface area contributed by atoms with Crippen LogP contribution in [0.4, 0.5) is 5.95 Å². The highest BCUT2D eigenvalue weighted by molar-refractivity contribution is 7.89. The second kappa shape index (κ2) is 7.85. The molecule has 25 heavy (non-hydrogen) atoms. The third-order valence-corrected chi connectivity index (χ3v) is 5.54. The van der Waals surface area contributed by atoms with Crippen molar-refractivity contribution >= 4 is 16.0 Å². The van der Waals surface area contributed by atoms with Gasteiger partial charge in [-0.1, -0.05) is 6.07 Å². The molecule has 0 aliphatic carbocycles. The van der Waals surface area contributed by atoms with E-state index in [4.69, 9.17) is 5.14 Å². The maximum absolute atomic E-state index is 12.0. The Labute approximate surface area is 147 Å². The molecule has 1 aliphatic rings. The maximum Gasteiger partial charge on any atom is 0.225 e. The summed E-state index contributed by atoms with van der Waals surface area (Å²) in [5.41, 5.74) is 0.734. The van der Waals surface area contributed by atoms with E-state index in [0.717, 1.165) is 31.9 Å². The Morgan fingerprint density at radius 1 is 1.00 bits per heavy atom. The minimum Gasteiger partial charge on any atom is -0.338 e. The summed E-state index contributed by atoms with van der Waals surface area (Å²) in [5.74, 6) is 0.707. The zero-order valence-electron chi connectivity index (χ0n) is 13.9. The van der Waals surface area contributed by atoms with E-state index in [1.165, 1.54) is 0 Å². The molecule has 2 aromatic rings. The van der Waals surface area contributed by atoms with Gasteiger partial charge in [0.05, 0.1) is 5.25 Å². The van der Waals surface area contributed by atoms with Gasteiger partial charge in [0.15, 0.2) is 0 Å². The largest absolute Gasteiger partial charge is 0.338 e. The Morgan fingerprint density at radius 2 is 1.68 bits per heavy atom. The van der Waals surface area contributed by atoms with Crippen molar-refractivity contribution < 1.29 is 8.42 Å². The van der Waals surface area contributed by atoms with Crippen LogP contribution < -0.4 is 10.0 Å². The van der Waals surface area contributed by atoms with Gasteiger partial charge in [-0.15, -0.1) is 0 Å². The fraction of sp³-hybridized carbons (Fsp3) is 0.438. The second-order valence-electron chi connectivity index (χ2n) is 6.07. The smallest absolute Gasteiger partial charge is 0.225 e. The lowest BCUT2D eigenvalue weighted by atomic mass is 10.2. The van der Waals surface area contributed by atoms with Crippen molar-refractivity contribution in [2.45, 2.75) is 11.7 Å². The molecule has 1 saturated heterocycles. The molecule has 2 N–H and O–H groups in total. The fourth-order valence-corrected chi connectivity index (χ4v) is 3.73. The van der Waals surface area contributed by atoms with Gasteiger partial charge >= 0.3 is 0 Å². The molecule has 8 nitrogen and oxygen atoms in total. The summed E-state index contributed by atoms with van der Waals surface area (Å²) in [4.78, 5) is 16.9. The van der Waals surface area contributed by atoms with Crippen molar-refractivity contribution in [3.8, 4) is 0 Å². The van der Waals surface area contributed by atoms with Gasteiger partial charge < -0.3 is 4.90 Å². The monoisotopic (exact) mass is 362 g/mol. The van der Waals surface area contributed by atoms with E-state index in [-0.39, 0.29) is 0 Å². The van der Waals surface area contributed by atoms with E-state index in [1.54, 1.807) is 30.7 Å². The number of nitrogens with zero attached hydrogens (tertiary/aromatic N) is 5. The van der Waals surface area contributed by atoms with Gasteiger partial charge in [0.25, 0.3) is 0 Å². The summed E-state index contributed by atoms with van der Waals surface area (Å²) in [6, 6.07) is 7.26. The van der Waals surface area contributed by atoms with Crippen LogP contribution in [0.5, 0.6) is 0 Å². The van der Waals surface area contributed by atoms with Crippen LogP contribution in [0.3, 0.4) is 0 Å². The van der Waals surface area contributed by atoms with Gasteiger partial charge in [0.1, 0.15) is 0 Å². The highest BCUT2D eigenvalue weighted by atomic mass is 32.2. The van der Waals surface area contributed by atoms with Crippen LogP contribution >= 0.6 is 0 Å². The second-order valence-corrected chi connectivity index (χ2v) is 7.92. The lowest BCUT2D eigenvalue weighted by Gasteiger charge is -2.35. The van der Waals surface area contributed by atoms with E-state index in [0.29, 0.717) is 18.9 Å². The number of anilines is 1. The summed E-state index contributed by atoms with van der Waals surface area (Å²) in [5, 5.41) is 4.79. The molecule has 1 fully saturated rings. The topological polar surface area (TPSA) is 105 Å². The van der Waals surface area contributed by atoms with Crippen molar-refractivity contribution in [3.05, 3.63) is 48.5 Å². The first-order valence-corrected chi connectivity index (χ1v) is 9.79. The average Bonchev–Trinajstić information content (AvgIpc) is 2.63. The number of sulfonamides is 1. The molecule has 3 heterocycles. The number of piperazine rings is 1. The molecule has 0 aromatic carbocycles. The molecule has 3 rings (SSSR count).